The van der Waals surface area contributed by atoms with Gasteiger partial charge in [0.1, 0.15) is 11.4 Å². The molecule has 0 bridgehead atoms. The molecule has 1 aromatic carbocycles. The van der Waals surface area contributed by atoms with E-state index in [1.165, 1.54) is 6.92 Å². The van der Waals surface area contributed by atoms with Gasteiger partial charge in [0.25, 0.3) is 5.91 Å². The highest BCUT2D eigenvalue weighted by Crippen LogP contribution is 2.24. The van der Waals surface area contributed by atoms with Crippen LogP contribution in [0.1, 0.15) is 51.0 Å². The fraction of sp³-hybridized carbons (Fsp3) is 0.350. The molecular formula is C20H22N2O4. The van der Waals surface area contributed by atoms with E-state index < -0.39 is 0 Å². The number of aromatic nitrogens is 1. The Kier molecular flexibility index (Phi) is 5.21. The van der Waals surface area contributed by atoms with Crippen LogP contribution in [0.15, 0.2) is 36.5 Å². The maximum Gasteiger partial charge on any atom is 0.270 e. The molecule has 6 heteroatoms. The van der Waals surface area contributed by atoms with Gasteiger partial charge in [0, 0.05) is 36.3 Å². The standard InChI is InChI=1S/C20H22N2O4/c1-13(23)16-11-18(21-12-16)20(25)22-9-7-15(8-10-22)19(24)14-3-5-17(26-2)6-4-14/h3-6,11-12,15,21H,7-10H2,1-2H3. The zero-order valence-electron chi connectivity index (χ0n) is 15.0. The Hall–Kier alpha value is -2.89. The Morgan fingerprint density at radius 1 is 1.08 bits per heavy atom. The van der Waals surface area contributed by atoms with Crippen LogP contribution in [0.2, 0.25) is 0 Å². The van der Waals surface area contributed by atoms with Crippen molar-refractivity contribution in [2.24, 2.45) is 5.92 Å². The highest BCUT2D eigenvalue weighted by Gasteiger charge is 2.29. The monoisotopic (exact) mass is 354 g/mol. The van der Waals surface area contributed by atoms with E-state index in [1.807, 2.05) is 0 Å². The van der Waals surface area contributed by atoms with Crippen molar-refractivity contribution in [1.82, 2.24) is 9.88 Å². The third-order valence-electron chi connectivity index (χ3n) is 4.85. The van der Waals surface area contributed by atoms with Gasteiger partial charge in [-0.05, 0) is 50.1 Å². The third-order valence-corrected chi connectivity index (χ3v) is 4.85. The zero-order chi connectivity index (χ0) is 18.7. The summed E-state index contributed by atoms with van der Waals surface area (Å²) in [6, 6.07) is 8.70. The minimum atomic E-state index is -0.132. The van der Waals surface area contributed by atoms with Crippen molar-refractivity contribution in [3.05, 3.63) is 53.3 Å². The Morgan fingerprint density at radius 3 is 2.27 bits per heavy atom. The molecule has 0 atom stereocenters. The Labute approximate surface area is 152 Å². The molecule has 1 saturated heterocycles. The second kappa shape index (κ2) is 7.56. The average Bonchev–Trinajstić information content (AvgIpc) is 3.17. The molecule has 26 heavy (non-hydrogen) atoms. The lowest BCUT2D eigenvalue weighted by atomic mass is 9.89. The highest BCUT2D eigenvalue weighted by atomic mass is 16.5. The van der Waals surface area contributed by atoms with Gasteiger partial charge in [-0.3, -0.25) is 14.4 Å². The van der Waals surface area contributed by atoms with Crippen LogP contribution in [0.5, 0.6) is 5.75 Å². The van der Waals surface area contributed by atoms with Gasteiger partial charge < -0.3 is 14.6 Å². The lowest BCUT2D eigenvalue weighted by molar-refractivity contribution is 0.0646. The molecule has 0 unspecified atom stereocenters. The first-order chi connectivity index (χ1) is 12.5. The summed E-state index contributed by atoms with van der Waals surface area (Å²) in [5.41, 5.74) is 1.58. The quantitative estimate of drug-likeness (QED) is 0.837. The van der Waals surface area contributed by atoms with E-state index in [9.17, 15) is 14.4 Å². The molecule has 0 aliphatic carbocycles. The number of methoxy groups -OCH3 is 1. The predicted molar refractivity (Wildman–Crippen MR) is 96.7 cm³/mol. The van der Waals surface area contributed by atoms with Crippen LogP contribution >= 0.6 is 0 Å². The number of carbonyl (C=O) groups excluding carboxylic acids is 3. The number of hydrogen-bond donors (Lipinski definition) is 1. The second-order valence-corrected chi connectivity index (χ2v) is 6.52. The molecule has 1 aliphatic rings. The van der Waals surface area contributed by atoms with Gasteiger partial charge in [0.15, 0.2) is 11.6 Å². The molecule has 1 N–H and O–H groups in total. The molecule has 0 radical (unpaired) electrons. The van der Waals surface area contributed by atoms with Crippen molar-refractivity contribution in [3.63, 3.8) is 0 Å². The number of amides is 1. The molecule has 2 aromatic rings. The van der Waals surface area contributed by atoms with Gasteiger partial charge >= 0.3 is 0 Å². The van der Waals surface area contributed by atoms with Crippen molar-refractivity contribution >= 4 is 17.5 Å². The Morgan fingerprint density at radius 2 is 1.73 bits per heavy atom. The smallest absolute Gasteiger partial charge is 0.270 e. The predicted octanol–water partition coefficient (Wildman–Crippen LogP) is 2.96. The molecule has 1 aliphatic heterocycles. The topological polar surface area (TPSA) is 79.5 Å². The summed E-state index contributed by atoms with van der Waals surface area (Å²) in [6.45, 7) is 2.52. The number of H-pyrrole nitrogens is 1. The van der Waals surface area contributed by atoms with Crippen molar-refractivity contribution < 1.29 is 19.1 Å². The van der Waals surface area contributed by atoms with Crippen LogP contribution in [-0.4, -0.2) is 47.6 Å². The van der Waals surface area contributed by atoms with Crippen molar-refractivity contribution in [2.75, 3.05) is 20.2 Å². The number of Topliss-reactive ketones (excluding diaryl/α,β-unsaturated/α-hetero) is 2. The van der Waals surface area contributed by atoms with Crippen molar-refractivity contribution in [2.45, 2.75) is 19.8 Å². The van der Waals surface area contributed by atoms with Crippen LogP contribution in [0, 0.1) is 5.92 Å². The van der Waals surface area contributed by atoms with Crippen LogP contribution in [-0.2, 0) is 0 Å². The van der Waals surface area contributed by atoms with Crippen LogP contribution in [0.25, 0.3) is 0 Å². The summed E-state index contributed by atoms with van der Waals surface area (Å²) in [5, 5.41) is 0. The molecule has 6 nitrogen and oxygen atoms in total. The number of nitrogens with zero attached hydrogens (tertiary/aromatic N) is 1. The van der Waals surface area contributed by atoms with Gasteiger partial charge in [-0.25, -0.2) is 0 Å². The zero-order valence-corrected chi connectivity index (χ0v) is 15.0. The third kappa shape index (κ3) is 3.69. The van der Waals surface area contributed by atoms with Gasteiger partial charge in [-0.2, -0.15) is 0 Å². The number of ether oxygens (including phenoxy) is 1. The molecule has 136 valence electrons. The van der Waals surface area contributed by atoms with E-state index in [4.69, 9.17) is 4.74 Å². The molecule has 1 amide bonds. The molecule has 1 fully saturated rings. The molecule has 0 spiro atoms. The summed E-state index contributed by atoms with van der Waals surface area (Å²) in [7, 11) is 1.59. The van der Waals surface area contributed by atoms with Gasteiger partial charge in [-0.1, -0.05) is 0 Å². The molecular weight excluding hydrogens is 332 g/mol. The van der Waals surface area contributed by atoms with Gasteiger partial charge in [-0.15, -0.1) is 0 Å². The maximum atomic E-state index is 12.6. The fourth-order valence-electron chi connectivity index (χ4n) is 3.23. The minimum Gasteiger partial charge on any atom is -0.497 e. The van der Waals surface area contributed by atoms with Gasteiger partial charge in [0.05, 0.1) is 7.11 Å². The number of hydrogen-bond acceptors (Lipinski definition) is 4. The van der Waals surface area contributed by atoms with Crippen LogP contribution in [0.4, 0.5) is 0 Å². The number of rotatable bonds is 5. The molecule has 0 saturated carbocycles. The summed E-state index contributed by atoms with van der Waals surface area (Å²) in [4.78, 5) is 41.1. The number of nitrogens with one attached hydrogen (secondary N) is 1. The van der Waals surface area contributed by atoms with Gasteiger partial charge in [0.2, 0.25) is 0 Å². The van der Waals surface area contributed by atoms with E-state index >= 15 is 0 Å². The number of likely N-dealkylation sites (tertiary alicyclic amines) is 1. The number of benzene rings is 1. The summed E-state index contributed by atoms with van der Waals surface area (Å²) < 4.78 is 5.11. The highest BCUT2D eigenvalue weighted by molar-refractivity contribution is 6.00. The number of piperidine rings is 1. The number of carbonyl (C=O) groups is 3. The van der Waals surface area contributed by atoms with E-state index in [-0.39, 0.29) is 23.4 Å². The van der Waals surface area contributed by atoms with Crippen LogP contribution in [0.3, 0.4) is 0 Å². The maximum absolute atomic E-state index is 12.6. The molecule has 1 aromatic heterocycles. The molecule has 3 rings (SSSR count). The van der Waals surface area contributed by atoms with E-state index in [2.05, 4.69) is 4.98 Å². The lowest BCUT2D eigenvalue weighted by Gasteiger charge is -2.31. The fourth-order valence-corrected chi connectivity index (χ4v) is 3.23. The SMILES string of the molecule is COc1ccc(C(=O)C2CCN(C(=O)c3cc(C(C)=O)c[nH]3)CC2)cc1. The van der Waals surface area contributed by atoms with Crippen molar-refractivity contribution in [3.8, 4) is 5.75 Å². The van der Waals surface area contributed by atoms with E-state index in [1.54, 1.807) is 48.5 Å². The Bertz CT molecular complexity index is 815. The van der Waals surface area contributed by atoms with E-state index in [0.29, 0.717) is 42.8 Å². The van der Waals surface area contributed by atoms with Crippen LogP contribution < -0.4 is 4.74 Å². The number of aromatic amines is 1. The summed E-state index contributed by atoms with van der Waals surface area (Å²) >= 11 is 0. The van der Waals surface area contributed by atoms with Crippen molar-refractivity contribution in [1.29, 1.82) is 0 Å². The lowest BCUT2D eigenvalue weighted by Crippen LogP contribution is -2.40. The minimum absolute atomic E-state index is 0.0795. The largest absolute Gasteiger partial charge is 0.497 e. The second-order valence-electron chi connectivity index (χ2n) is 6.52. The number of ketones is 2. The summed E-state index contributed by atoms with van der Waals surface area (Å²) in [5.74, 6) is 0.539. The normalized spacial score (nSPS) is 14.9. The first kappa shape index (κ1) is 17.9. The first-order valence-electron chi connectivity index (χ1n) is 8.66. The first-order valence-corrected chi connectivity index (χ1v) is 8.66. The molecule has 2 heterocycles. The Balaban J connectivity index is 1.60. The average molecular weight is 354 g/mol. The van der Waals surface area contributed by atoms with E-state index in [0.717, 1.165) is 5.75 Å². The summed E-state index contributed by atoms with van der Waals surface area (Å²) in [6.07, 6.45) is 2.82.